The fourth-order valence-corrected chi connectivity index (χ4v) is 4.10. The van der Waals surface area contributed by atoms with Gasteiger partial charge in [-0.1, -0.05) is 0 Å². The number of nitrogens with one attached hydrogen (secondary N) is 2. The number of hydrogen-bond donors (Lipinski definition) is 2. The Labute approximate surface area is 167 Å². The molecule has 9 heteroatoms. The van der Waals surface area contributed by atoms with Crippen LogP contribution in [0.1, 0.15) is 21.9 Å². The lowest BCUT2D eigenvalue weighted by Gasteiger charge is -2.08. The largest absolute Gasteiger partial charge is 0.468 e. The predicted octanol–water partition coefficient (Wildman–Crippen LogP) is 3.01. The summed E-state index contributed by atoms with van der Waals surface area (Å²) in [5.74, 6) is 2.67. The third kappa shape index (κ3) is 5.75. The lowest BCUT2D eigenvalue weighted by Crippen LogP contribution is -2.26. The molecule has 0 aliphatic carbocycles. The van der Waals surface area contributed by atoms with Gasteiger partial charge in [0.15, 0.2) is 0 Å². The second-order valence-corrected chi connectivity index (χ2v) is 8.69. The van der Waals surface area contributed by atoms with Crippen LogP contribution in [0.15, 0.2) is 74.8 Å². The van der Waals surface area contributed by atoms with E-state index >= 15 is 0 Å². The van der Waals surface area contributed by atoms with Gasteiger partial charge in [-0.25, -0.2) is 13.1 Å². The summed E-state index contributed by atoms with van der Waals surface area (Å²) in [5, 5.41) is 2.81. The molecule has 2 N–H and O–H groups in total. The molecule has 0 radical (unpaired) electrons. The third-order valence-corrected chi connectivity index (χ3v) is 6.20. The second-order valence-electron chi connectivity index (χ2n) is 5.82. The Morgan fingerprint density at radius 2 is 1.64 bits per heavy atom. The molecular weight excluding hydrogens is 400 g/mol. The molecule has 0 atom stereocenters. The molecule has 0 aliphatic heterocycles. The van der Waals surface area contributed by atoms with E-state index in [0.29, 0.717) is 17.9 Å². The molecule has 2 aromatic heterocycles. The number of benzene rings is 1. The molecule has 28 heavy (non-hydrogen) atoms. The molecule has 2 heterocycles. The van der Waals surface area contributed by atoms with Crippen molar-refractivity contribution in [3.05, 3.63) is 78.1 Å². The zero-order valence-electron chi connectivity index (χ0n) is 15.0. The molecule has 0 fully saturated rings. The number of carbonyl (C=O) groups is 1. The van der Waals surface area contributed by atoms with Crippen LogP contribution in [0, 0.1) is 0 Å². The van der Waals surface area contributed by atoms with E-state index in [-0.39, 0.29) is 17.3 Å². The number of sulfonamides is 1. The van der Waals surface area contributed by atoms with Crippen LogP contribution in [-0.2, 0) is 22.3 Å². The van der Waals surface area contributed by atoms with E-state index in [0.717, 1.165) is 17.3 Å². The van der Waals surface area contributed by atoms with Crippen LogP contribution in [0.5, 0.6) is 0 Å². The SMILES string of the molecule is O=C(NCCSCc1ccco1)c1ccc(S(=O)(=O)NCc2ccco2)cc1. The summed E-state index contributed by atoms with van der Waals surface area (Å²) in [5.41, 5.74) is 0.404. The minimum Gasteiger partial charge on any atom is -0.468 e. The average molecular weight is 421 g/mol. The molecule has 0 unspecified atom stereocenters. The van der Waals surface area contributed by atoms with Gasteiger partial charge in [-0.2, -0.15) is 11.8 Å². The molecule has 0 spiro atoms. The van der Waals surface area contributed by atoms with E-state index in [1.807, 2.05) is 12.1 Å². The summed E-state index contributed by atoms with van der Waals surface area (Å²) in [7, 11) is -3.68. The predicted molar refractivity (Wildman–Crippen MR) is 106 cm³/mol. The molecule has 1 amide bonds. The summed E-state index contributed by atoms with van der Waals surface area (Å²) in [6.45, 7) is 0.572. The Bertz CT molecular complexity index is 966. The highest BCUT2D eigenvalue weighted by atomic mass is 32.2. The fraction of sp³-hybridized carbons (Fsp3) is 0.211. The van der Waals surface area contributed by atoms with E-state index in [2.05, 4.69) is 10.0 Å². The molecule has 3 aromatic rings. The highest BCUT2D eigenvalue weighted by Gasteiger charge is 2.15. The summed E-state index contributed by atoms with van der Waals surface area (Å²) < 4.78 is 37.4. The zero-order valence-corrected chi connectivity index (χ0v) is 16.6. The zero-order chi connectivity index (χ0) is 19.8. The van der Waals surface area contributed by atoms with Crippen molar-refractivity contribution in [3.8, 4) is 0 Å². The van der Waals surface area contributed by atoms with Gasteiger partial charge in [0.1, 0.15) is 11.5 Å². The monoisotopic (exact) mass is 420 g/mol. The molecule has 148 valence electrons. The first-order chi connectivity index (χ1) is 13.5. The van der Waals surface area contributed by atoms with E-state index < -0.39 is 10.0 Å². The van der Waals surface area contributed by atoms with Crippen LogP contribution in [0.2, 0.25) is 0 Å². The van der Waals surface area contributed by atoms with E-state index in [1.54, 1.807) is 30.2 Å². The minimum absolute atomic E-state index is 0.0627. The van der Waals surface area contributed by atoms with Gasteiger partial charge in [-0.05, 0) is 48.5 Å². The van der Waals surface area contributed by atoms with Gasteiger partial charge < -0.3 is 14.2 Å². The van der Waals surface area contributed by atoms with E-state index in [4.69, 9.17) is 8.83 Å². The van der Waals surface area contributed by atoms with Crippen LogP contribution in [0.25, 0.3) is 0 Å². The second kappa shape index (κ2) is 9.63. The van der Waals surface area contributed by atoms with Crippen LogP contribution >= 0.6 is 11.8 Å². The molecule has 7 nitrogen and oxygen atoms in total. The summed E-state index contributed by atoms with van der Waals surface area (Å²) in [6, 6.07) is 12.9. The van der Waals surface area contributed by atoms with Crippen molar-refractivity contribution < 1.29 is 22.0 Å². The summed E-state index contributed by atoms with van der Waals surface area (Å²) in [4.78, 5) is 12.2. The Morgan fingerprint density at radius 3 is 2.29 bits per heavy atom. The number of furan rings is 2. The number of amides is 1. The van der Waals surface area contributed by atoms with Crippen molar-refractivity contribution in [2.75, 3.05) is 12.3 Å². The Hall–Kier alpha value is -2.49. The Kier molecular flexibility index (Phi) is 6.96. The van der Waals surface area contributed by atoms with Gasteiger partial charge in [-0.15, -0.1) is 0 Å². The van der Waals surface area contributed by atoms with Gasteiger partial charge >= 0.3 is 0 Å². The van der Waals surface area contributed by atoms with E-state index in [1.165, 1.54) is 30.5 Å². The van der Waals surface area contributed by atoms with Gasteiger partial charge in [0.2, 0.25) is 10.0 Å². The minimum atomic E-state index is -3.68. The van der Waals surface area contributed by atoms with Gasteiger partial charge in [0.25, 0.3) is 5.91 Å². The summed E-state index contributed by atoms with van der Waals surface area (Å²) in [6.07, 6.45) is 3.11. The van der Waals surface area contributed by atoms with Crippen LogP contribution < -0.4 is 10.0 Å². The fourth-order valence-electron chi connectivity index (χ4n) is 2.35. The molecule has 3 rings (SSSR count). The standard InChI is InChI=1S/C19H20N2O5S2/c22-19(20-9-12-27-14-17-4-2-11-26-17)15-5-7-18(8-6-15)28(23,24)21-13-16-3-1-10-25-16/h1-8,10-11,21H,9,12-14H2,(H,20,22). The van der Waals surface area contributed by atoms with Crippen LogP contribution in [-0.4, -0.2) is 26.6 Å². The molecule has 1 aromatic carbocycles. The first kappa shape index (κ1) is 20.2. The first-order valence-electron chi connectivity index (χ1n) is 8.55. The summed E-state index contributed by atoms with van der Waals surface area (Å²) >= 11 is 1.65. The van der Waals surface area contributed by atoms with Crippen molar-refractivity contribution in [2.24, 2.45) is 0 Å². The van der Waals surface area contributed by atoms with Gasteiger partial charge in [0.05, 0.1) is 29.7 Å². The van der Waals surface area contributed by atoms with E-state index in [9.17, 15) is 13.2 Å². The highest BCUT2D eigenvalue weighted by Crippen LogP contribution is 2.13. The Balaban J connectivity index is 1.45. The van der Waals surface area contributed by atoms with Crippen molar-refractivity contribution in [3.63, 3.8) is 0 Å². The van der Waals surface area contributed by atoms with Gasteiger partial charge in [-0.3, -0.25) is 4.79 Å². The molecule has 0 bridgehead atoms. The molecule has 0 aliphatic rings. The molecule has 0 saturated carbocycles. The maximum absolute atomic E-state index is 12.3. The molecule has 0 saturated heterocycles. The Morgan fingerprint density at radius 1 is 0.964 bits per heavy atom. The topological polar surface area (TPSA) is 102 Å². The van der Waals surface area contributed by atoms with Crippen molar-refractivity contribution in [1.29, 1.82) is 0 Å². The number of rotatable bonds is 10. The van der Waals surface area contributed by atoms with Crippen LogP contribution in [0.4, 0.5) is 0 Å². The quantitative estimate of drug-likeness (QED) is 0.489. The first-order valence-corrected chi connectivity index (χ1v) is 11.2. The lowest BCUT2D eigenvalue weighted by atomic mass is 10.2. The lowest BCUT2D eigenvalue weighted by molar-refractivity contribution is 0.0956. The average Bonchev–Trinajstić information content (AvgIpc) is 3.40. The maximum atomic E-state index is 12.3. The van der Waals surface area contributed by atoms with Crippen LogP contribution in [0.3, 0.4) is 0 Å². The van der Waals surface area contributed by atoms with Crippen molar-refractivity contribution >= 4 is 27.7 Å². The molecular formula is C19H20N2O5S2. The van der Waals surface area contributed by atoms with Crippen molar-refractivity contribution in [2.45, 2.75) is 17.2 Å². The highest BCUT2D eigenvalue weighted by molar-refractivity contribution is 7.98. The number of hydrogen-bond acceptors (Lipinski definition) is 6. The normalized spacial score (nSPS) is 11.4. The number of thioether (sulfide) groups is 1. The smallest absolute Gasteiger partial charge is 0.251 e. The van der Waals surface area contributed by atoms with Gasteiger partial charge in [0, 0.05) is 17.9 Å². The number of carbonyl (C=O) groups excluding carboxylic acids is 1. The maximum Gasteiger partial charge on any atom is 0.251 e. The third-order valence-electron chi connectivity index (χ3n) is 3.80. The van der Waals surface area contributed by atoms with Crippen molar-refractivity contribution in [1.82, 2.24) is 10.0 Å².